The van der Waals surface area contributed by atoms with Gasteiger partial charge < -0.3 is 36.5 Å². The van der Waals surface area contributed by atoms with E-state index >= 15 is 0 Å². The molecule has 1 aliphatic carbocycles. The van der Waals surface area contributed by atoms with Crippen molar-refractivity contribution in [3.63, 3.8) is 0 Å². The minimum Gasteiger partial charge on any atom is -0.467 e. The fraction of sp³-hybridized carbons (Fsp3) is 0.321. The number of esters is 1. The van der Waals surface area contributed by atoms with Crippen LogP contribution in [0.2, 0.25) is 5.02 Å². The first-order valence-corrected chi connectivity index (χ1v) is 14.0. The summed E-state index contributed by atoms with van der Waals surface area (Å²) in [4.78, 5) is 59.4. The summed E-state index contributed by atoms with van der Waals surface area (Å²) in [5, 5.41) is 11.3. The summed E-state index contributed by atoms with van der Waals surface area (Å²) in [5.74, 6) is -3.86. The van der Waals surface area contributed by atoms with Crippen LogP contribution in [-0.4, -0.2) is 71.1 Å². The Balaban J connectivity index is 1.47. The molecule has 1 fully saturated rings. The van der Waals surface area contributed by atoms with E-state index in [1.807, 2.05) is 12.1 Å². The molecule has 6 N–H and O–H groups in total. The topological polar surface area (TPSA) is 200 Å². The Morgan fingerprint density at radius 3 is 2.24 bits per heavy atom. The Hall–Kier alpha value is -5.19. The summed E-state index contributed by atoms with van der Waals surface area (Å²) in [6, 6.07) is 11.1. The fourth-order valence-corrected chi connectivity index (χ4v) is 4.28. The standard InChI is InChI=1S/C28H28ClF3N8O6/c1-45-23(44)19(10-13-34-22(43)20(33)41)36-21(42)15-2-8-18(9-3-15)35-24-37-25(39-26(38-24)46-14-28(30,31)32)40-27(11-12-27)16-4-6-17(29)7-5-16/h2-9,19H,10-14H2,1H3,(H2,33,41)(H,34,43)(H,36,42)(H2,35,37,38,39,40). The maximum atomic E-state index is 12.9. The van der Waals surface area contributed by atoms with E-state index in [0.717, 1.165) is 12.7 Å². The van der Waals surface area contributed by atoms with Crippen molar-refractivity contribution >= 4 is 52.9 Å². The van der Waals surface area contributed by atoms with Gasteiger partial charge in [0.15, 0.2) is 6.61 Å². The second-order valence-electron chi connectivity index (χ2n) is 10.0. The van der Waals surface area contributed by atoms with Crippen LogP contribution in [0.4, 0.5) is 30.8 Å². The number of rotatable bonds is 13. The molecule has 0 radical (unpaired) electrons. The molecular weight excluding hydrogens is 637 g/mol. The van der Waals surface area contributed by atoms with Crippen LogP contribution < -0.4 is 31.7 Å². The summed E-state index contributed by atoms with van der Waals surface area (Å²) < 4.78 is 48.1. The minimum atomic E-state index is -4.63. The lowest BCUT2D eigenvalue weighted by Gasteiger charge is -2.19. The van der Waals surface area contributed by atoms with Crippen molar-refractivity contribution in [3.05, 3.63) is 64.7 Å². The van der Waals surface area contributed by atoms with Crippen molar-refractivity contribution in [1.29, 1.82) is 0 Å². The number of nitrogens with zero attached hydrogens (tertiary/aromatic N) is 3. The zero-order valence-electron chi connectivity index (χ0n) is 24.1. The van der Waals surface area contributed by atoms with Crippen LogP contribution >= 0.6 is 11.6 Å². The van der Waals surface area contributed by atoms with Gasteiger partial charge in [-0.05, 0) is 61.2 Å². The fourth-order valence-electron chi connectivity index (χ4n) is 4.16. The van der Waals surface area contributed by atoms with E-state index in [4.69, 9.17) is 22.1 Å². The molecule has 1 atom stereocenters. The highest BCUT2D eigenvalue weighted by Crippen LogP contribution is 2.48. The maximum Gasteiger partial charge on any atom is 0.422 e. The number of hydrogen-bond acceptors (Lipinski definition) is 11. The molecule has 0 spiro atoms. The van der Waals surface area contributed by atoms with Crippen LogP contribution in [0.1, 0.15) is 35.2 Å². The molecule has 0 aliphatic heterocycles. The third-order valence-electron chi connectivity index (χ3n) is 6.61. The van der Waals surface area contributed by atoms with Gasteiger partial charge in [0.05, 0.1) is 12.6 Å². The van der Waals surface area contributed by atoms with Gasteiger partial charge >= 0.3 is 30.0 Å². The molecule has 3 aromatic rings. The predicted octanol–water partition coefficient (Wildman–Crippen LogP) is 2.57. The second-order valence-corrected chi connectivity index (χ2v) is 10.5. The van der Waals surface area contributed by atoms with Gasteiger partial charge in [0.1, 0.15) is 6.04 Å². The van der Waals surface area contributed by atoms with E-state index in [-0.39, 0.29) is 30.4 Å². The van der Waals surface area contributed by atoms with Gasteiger partial charge in [-0.2, -0.15) is 28.1 Å². The lowest BCUT2D eigenvalue weighted by atomic mass is 10.1. The number of halogens is 4. The van der Waals surface area contributed by atoms with E-state index < -0.39 is 54.1 Å². The number of anilines is 3. The van der Waals surface area contributed by atoms with Gasteiger partial charge in [-0.1, -0.05) is 23.7 Å². The predicted molar refractivity (Wildman–Crippen MR) is 157 cm³/mol. The van der Waals surface area contributed by atoms with Crippen molar-refractivity contribution in [1.82, 2.24) is 25.6 Å². The zero-order chi connectivity index (χ0) is 33.5. The number of primary amides is 1. The molecule has 46 heavy (non-hydrogen) atoms. The van der Waals surface area contributed by atoms with Crippen LogP contribution in [0.3, 0.4) is 0 Å². The van der Waals surface area contributed by atoms with E-state index in [1.54, 1.807) is 12.1 Å². The van der Waals surface area contributed by atoms with Crippen molar-refractivity contribution in [2.75, 3.05) is 30.9 Å². The quantitative estimate of drug-likeness (QED) is 0.133. The average Bonchev–Trinajstić information content (AvgIpc) is 3.79. The van der Waals surface area contributed by atoms with E-state index in [0.29, 0.717) is 23.6 Å². The van der Waals surface area contributed by atoms with E-state index in [2.05, 4.69) is 41.0 Å². The molecule has 1 heterocycles. The molecule has 3 amide bonds. The highest BCUT2D eigenvalue weighted by atomic mass is 35.5. The number of carbonyl (C=O) groups is 4. The summed E-state index contributed by atoms with van der Waals surface area (Å²) >= 11 is 6.00. The minimum absolute atomic E-state index is 0.0287. The molecule has 4 rings (SSSR count). The lowest BCUT2D eigenvalue weighted by molar-refractivity contribution is -0.154. The smallest absolute Gasteiger partial charge is 0.422 e. The Bertz CT molecular complexity index is 1590. The maximum absolute atomic E-state index is 12.9. The van der Waals surface area contributed by atoms with E-state index in [1.165, 1.54) is 24.3 Å². The molecule has 1 aliphatic rings. The first-order chi connectivity index (χ1) is 21.8. The second kappa shape index (κ2) is 14.3. The molecule has 244 valence electrons. The van der Waals surface area contributed by atoms with Crippen molar-refractivity contribution in [2.24, 2.45) is 5.73 Å². The molecule has 14 nitrogen and oxygen atoms in total. The number of alkyl halides is 3. The average molecular weight is 665 g/mol. The number of methoxy groups -OCH3 is 1. The zero-order valence-corrected chi connectivity index (χ0v) is 24.9. The van der Waals surface area contributed by atoms with Crippen molar-refractivity contribution < 1.29 is 41.8 Å². The van der Waals surface area contributed by atoms with Crippen LogP contribution in [0, 0.1) is 0 Å². The van der Waals surface area contributed by atoms with Gasteiger partial charge in [-0.25, -0.2) is 4.79 Å². The van der Waals surface area contributed by atoms with Gasteiger partial charge in [0, 0.05) is 22.8 Å². The number of aromatic nitrogens is 3. The first kappa shape index (κ1) is 33.7. The number of nitrogens with one attached hydrogen (secondary N) is 4. The number of nitrogens with two attached hydrogens (primary N) is 1. The van der Waals surface area contributed by atoms with Crippen LogP contribution in [0.5, 0.6) is 6.01 Å². The van der Waals surface area contributed by atoms with Crippen LogP contribution in [0.25, 0.3) is 0 Å². The largest absolute Gasteiger partial charge is 0.467 e. The van der Waals surface area contributed by atoms with Crippen LogP contribution in [-0.2, 0) is 24.7 Å². The van der Waals surface area contributed by atoms with Gasteiger partial charge in [-0.3, -0.25) is 14.4 Å². The third-order valence-corrected chi connectivity index (χ3v) is 6.87. The number of benzene rings is 2. The molecule has 2 aromatic carbocycles. The normalized spacial score (nSPS) is 13.9. The molecule has 0 saturated heterocycles. The third kappa shape index (κ3) is 9.40. The molecule has 1 saturated carbocycles. The Morgan fingerprint density at radius 1 is 1.00 bits per heavy atom. The molecular formula is C28H28ClF3N8O6. The Labute approximate surface area is 264 Å². The number of amides is 3. The molecule has 1 aromatic heterocycles. The molecule has 0 bridgehead atoms. The molecule has 18 heteroatoms. The Morgan fingerprint density at radius 2 is 1.65 bits per heavy atom. The molecule has 1 unspecified atom stereocenters. The number of ether oxygens (including phenoxy) is 2. The van der Waals surface area contributed by atoms with Crippen molar-refractivity contribution in [2.45, 2.75) is 37.0 Å². The Kier molecular flexibility index (Phi) is 10.5. The van der Waals surface area contributed by atoms with Crippen LogP contribution in [0.15, 0.2) is 48.5 Å². The summed E-state index contributed by atoms with van der Waals surface area (Å²) in [6.45, 7) is -1.77. The summed E-state index contributed by atoms with van der Waals surface area (Å²) in [7, 11) is 1.12. The first-order valence-electron chi connectivity index (χ1n) is 13.6. The monoisotopic (exact) mass is 664 g/mol. The van der Waals surface area contributed by atoms with E-state index in [9.17, 15) is 32.3 Å². The summed E-state index contributed by atoms with van der Waals surface area (Å²) in [5.41, 5.74) is 5.70. The highest BCUT2D eigenvalue weighted by Gasteiger charge is 2.45. The highest BCUT2D eigenvalue weighted by molar-refractivity contribution is 6.34. The van der Waals surface area contributed by atoms with Gasteiger partial charge in [-0.15, -0.1) is 0 Å². The number of hydrogen-bond donors (Lipinski definition) is 5. The number of carbonyl (C=O) groups excluding carboxylic acids is 4. The van der Waals surface area contributed by atoms with Gasteiger partial charge in [0.2, 0.25) is 11.9 Å². The summed E-state index contributed by atoms with van der Waals surface area (Å²) in [6.07, 6.45) is -3.30. The lowest BCUT2D eigenvalue weighted by Crippen LogP contribution is -2.45. The SMILES string of the molecule is COC(=O)C(CCNC(=O)C(N)=O)NC(=O)c1ccc(Nc2nc(NC3(c4ccc(Cl)cc4)CC3)nc(OCC(F)(F)F)n2)cc1. The van der Waals surface area contributed by atoms with Gasteiger partial charge in [0.25, 0.3) is 5.91 Å². The van der Waals surface area contributed by atoms with Crippen molar-refractivity contribution in [3.8, 4) is 6.01 Å².